The van der Waals surface area contributed by atoms with Gasteiger partial charge in [-0.15, -0.1) is 0 Å². The molecule has 0 aliphatic carbocycles. The number of nitrogens with two attached hydrogens (primary N) is 1. The minimum Gasteiger partial charge on any atom is -0.338 e. The predicted octanol–water partition coefficient (Wildman–Crippen LogP) is 3.07. The minimum absolute atomic E-state index is 0.0444. The zero-order valence-corrected chi connectivity index (χ0v) is 14.8. The molecule has 0 saturated carbocycles. The molecule has 5 nitrogen and oxygen atoms in total. The first-order chi connectivity index (χ1) is 11.5. The lowest BCUT2D eigenvalue weighted by Gasteiger charge is -2.18. The summed E-state index contributed by atoms with van der Waals surface area (Å²) < 4.78 is 1.82. The Labute approximate surface area is 147 Å². The molecule has 2 heterocycles. The summed E-state index contributed by atoms with van der Waals surface area (Å²) in [5.74, 6) is 0.612. The van der Waals surface area contributed by atoms with Gasteiger partial charge in [0.1, 0.15) is 0 Å². The molecule has 1 aliphatic rings. The fourth-order valence-electron chi connectivity index (χ4n) is 3.27. The molecule has 1 aliphatic heterocycles. The number of hydrogen-bond acceptors (Lipinski definition) is 3. The molecule has 1 amide bonds. The molecule has 1 atom stereocenters. The van der Waals surface area contributed by atoms with Gasteiger partial charge in [-0.3, -0.25) is 4.79 Å². The third-order valence-electron chi connectivity index (χ3n) is 4.54. The highest BCUT2D eigenvalue weighted by Gasteiger charge is 2.29. The van der Waals surface area contributed by atoms with Crippen molar-refractivity contribution in [2.24, 2.45) is 11.7 Å². The number of nitrogens with zero attached hydrogens (tertiary/aromatic N) is 3. The van der Waals surface area contributed by atoms with Crippen molar-refractivity contribution in [1.82, 2.24) is 14.7 Å². The molecular formula is C18H23ClN4O. The van der Waals surface area contributed by atoms with Gasteiger partial charge in [-0.25, -0.2) is 4.68 Å². The molecule has 1 aromatic carbocycles. The van der Waals surface area contributed by atoms with Crippen molar-refractivity contribution in [2.75, 3.05) is 19.6 Å². The second-order valence-corrected chi connectivity index (χ2v) is 7.07. The van der Waals surface area contributed by atoms with Crippen LogP contribution >= 0.6 is 11.6 Å². The van der Waals surface area contributed by atoms with E-state index in [2.05, 4.69) is 18.9 Å². The number of aromatic nitrogens is 2. The van der Waals surface area contributed by atoms with E-state index in [9.17, 15) is 4.79 Å². The van der Waals surface area contributed by atoms with Crippen LogP contribution < -0.4 is 5.73 Å². The second kappa shape index (κ2) is 6.95. The van der Waals surface area contributed by atoms with E-state index in [1.54, 1.807) is 6.20 Å². The fourth-order valence-corrected chi connectivity index (χ4v) is 3.46. The van der Waals surface area contributed by atoms with E-state index < -0.39 is 0 Å². The number of rotatable bonds is 4. The normalized spacial score (nSPS) is 17.7. The molecule has 1 aromatic heterocycles. The Morgan fingerprint density at radius 1 is 1.46 bits per heavy atom. The monoisotopic (exact) mass is 346 g/mol. The van der Waals surface area contributed by atoms with Crippen molar-refractivity contribution in [3.8, 4) is 5.69 Å². The Morgan fingerprint density at radius 3 is 2.88 bits per heavy atom. The molecule has 3 rings (SSSR count). The van der Waals surface area contributed by atoms with Crippen LogP contribution in [0.1, 0.15) is 42.2 Å². The van der Waals surface area contributed by atoms with Gasteiger partial charge in [0.25, 0.3) is 5.91 Å². The van der Waals surface area contributed by atoms with Crippen molar-refractivity contribution < 1.29 is 4.79 Å². The minimum atomic E-state index is 0.0444. The highest BCUT2D eigenvalue weighted by molar-refractivity contribution is 6.30. The van der Waals surface area contributed by atoms with Crippen molar-refractivity contribution in [3.63, 3.8) is 0 Å². The number of hydrogen-bond donors (Lipinski definition) is 1. The lowest BCUT2D eigenvalue weighted by molar-refractivity contribution is 0.0786. The third kappa shape index (κ3) is 3.19. The lowest BCUT2D eigenvalue weighted by atomic mass is 10.0. The number of likely N-dealkylation sites (tertiary alicyclic amines) is 1. The lowest BCUT2D eigenvalue weighted by Crippen LogP contribution is -2.30. The Balaban J connectivity index is 1.96. The van der Waals surface area contributed by atoms with Gasteiger partial charge in [0.2, 0.25) is 0 Å². The molecule has 1 saturated heterocycles. The van der Waals surface area contributed by atoms with Crippen LogP contribution in [0.25, 0.3) is 5.69 Å². The molecule has 2 aromatic rings. The van der Waals surface area contributed by atoms with E-state index in [0.717, 1.165) is 30.9 Å². The number of benzene rings is 1. The smallest absolute Gasteiger partial charge is 0.257 e. The topological polar surface area (TPSA) is 64.2 Å². The molecule has 1 fully saturated rings. The largest absolute Gasteiger partial charge is 0.338 e. The van der Waals surface area contributed by atoms with E-state index in [1.807, 2.05) is 33.8 Å². The average Bonchev–Trinajstić information content (AvgIpc) is 3.21. The zero-order chi connectivity index (χ0) is 17.3. The third-order valence-corrected chi connectivity index (χ3v) is 4.78. The van der Waals surface area contributed by atoms with Crippen molar-refractivity contribution in [2.45, 2.75) is 26.2 Å². The van der Waals surface area contributed by atoms with Gasteiger partial charge < -0.3 is 10.6 Å². The van der Waals surface area contributed by atoms with Gasteiger partial charge in [-0.1, -0.05) is 31.5 Å². The van der Waals surface area contributed by atoms with Crippen LogP contribution in [0.4, 0.5) is 0 Å². The van der Waals surface area contributed by atoms with Crippen molar-refractivity contribution >= 4 is 17.5 Å². The predicted molar refractivity (Wildman–Crippen MR) is 95.7 cm³/mol. The van der Waals surface area contributed by atoms with Gasteiger partial charge in [-0.05, 0) is 43.0 Å². The molecule has 2 N–H and O–H groups in total. The molecule has 24 heavy (non-hydrogen) atoms. The van der Waals surface area contributed by atoms with Crippen LogP contribution in [0, 0.1) is 5.92 Å². The Kier molecular flexibility index (Phi) is 4.92. The molecule has 0 spiro atoms. The summed E-state index contributed by atoms with van der Waals surface area (Å²) >= 11 is 6.10. The van der Waals surface area contributed by atoms with E-state index in [1.165, 1.54) is 0 Å². The van der Waals surface area contributed by atoms with Gasteiger partial charge in [0.15, 0.2) is 0 Å². The summed E-state index contributed by atoms with van der Waals surface area (Å²) in [7, 11) is 0. The summed E-state index contributed by atoms with van der Waals surface area (Å²) in [6.45, 7) is 6.27. The van der Waals surface area contributed by atoms with Crippen LogP contribution in [0.5, 0.6) is 0 Å². The quantitative estimate of drug-likeness (QED) is 0.925. The van der Waals surface area contributed by atoms with Gasteiger partial charge in [0.05, 0.1) is 23.1 Å². The van der Waals surface area contributed by atoms with Gasteiger partial charge in [0, 0.05) is 18.1 Å². The first-order valence-electron chi connectivity index (χ1n) is 8.34. The zero-order valence-electron chi connectivity index (χ0n) is 14.1. The molecule has 1 unspecified atom stereocenters. The van der Waals surface area contributed by atoms with Crippen molar-refractivity contribution in [1.29, 1.82) is 0 Å². The van der Waals surface area contributed by atoms with Crippen LogP contribution in [0.2, 0.25) is 5.02 Å². The molecular weight excluding hydrogens is 324 g/mol. The summed E-state index contributed by atoms with van der Waals surface area (Å²) in [5.41, 5.74) is 8.19. The average molecular weight is 347 g/mol. The van der Waals surface area contributed by atoms with Gasteiger partial charge >= 0.3 is 0 Å². The van der Waals surface area contributed by atoms with E-state index in [4.69, 9.17) is 17.3 Å². The summed E-state index contributed by atoms with van der Waals surface area (Å²) in [4.78, 5) is 14.8. The molecule has 128 valence electrons. The van der Waals surface area contributed by atoms with Crippen LogP contribution in [0.15, 0.2) is 30.5 Å². The Hall–Kier alpha value is -1.85. The number of carbonyl (C=O) groups excluding carboxylic acids is 1. The molecule has 6 heteroatoms. The Bertz CT molecular complexity index is 740. The summed E-state index contributed by atoms with van der Waals surface area (Å²) in [6.07, 6.45) is 2.65. The first kappa shape index (κ1) is 17.0. The maximum absolute atomic E-state index is 13.0. The van der Waals surface area contributed by atoms with Crippen molar-refractivity contribution in [3.05, 3.63) is 46.7 Å². The highest BCUT2D eigenvalue weighted by atomic mass is 35.5. The number of carbonyl (C=O) groups is 1. The van der Waals surface area contributed by atoms with Crippen LogP contribution in [0.3, 0.4) is 0 Å². The summed E-state index contributed by atoms with van der Waals surface area (Å²) in [6, 6.07) is 7.51. The van der Waals surface area contributed by atoms with E-state index >= 15 is 0 Å². The van der Waals surface area contributed by atoms with Gasteiger partial charge in [-0.2, -0.15) is 5.10 Å². The van der Waals surface area contributed by atoms with E-state index in [-0.39, 0.29) is 11.8 Å². The van der Waals surface area contributed by atoms with Crippen LogP contribution in [-0.2, 0) is 0 Å². The van der Waals surface area contributed by atoms with E-state index in [0.29, 0.717) is 23.0 Å². The maximum atomic E-state index is 13.0. The maximum Gasteiger partial charge on any atom is 0.257 e. The molecule has 0 bridgehead atoms. The second-order valence-electron chi connectivity index (χ2n) is 6.63. The first-order valence-corrected chi connectivity index (χ1v) is 8.72. The number of amides is 1. The highest BCUT2D eigenvalue weighted by Crippen LogP contribution is 2.27. The van der Waals surface area contributed by atoms with Crippen LogP contribution in [-0.4, -0.2) is 40.2 Å². The fraction of sp³-hybridized carbons (Fsp3) is 0.444. The number of halogens is 1. The SMILES string of the molecule is CC(C)c1c(C(=O)N2CCC(CN)C2)cnn1-c1cccc(Cl)c1. The molecule has 0 radical (unpaired) electrons. The Morgan fingerprint density at radius 2 is 2.25 bits per heavy atom. The summed E-state index contributed by atoms with van der Waals surface area (Å²) in [5, 5.41) is 5.12. The standard InChI is InChI=1S/C18H23ClN4O/c1-12(2)17-16(18(24)22-7-6-13(9-20)11-22)10-21-23(17)15-5-3-4-14(19)8-15/h3-5,8,10,12-13H,6-7,9,11,20H2,1-2H3.